The Bertz CT molecular complexity index is 645. The van der Waals surface area contributed by atoms with Crippen molar-refractivity contribution < 1.29 is 19.2 Å². The van der Waals surface area contributed by atoms with Gasteiger partial charge in [0.1, 0.15) is 12.5 Å². The minimum Gasteiger partial charge on any atom is -0.400 e. The molecule has 9 heteroatoms. The summed E-state index contributed by atoms with van der Waals surface area (Å²) in [5.41, 5.74) is -0.909. The molecular formula is C17H32N2O6S. The zero-order valence-electron chi connectivity index (χ0n) is 16.4. The van der Waals surface area contributed by atoms with Crippen molar-refractivity contribution in [3.05, 3.63) is 33.1 Å². The third-order valence-corrected chi connectivity index (χ3v) is 7.10. The monoisotopic (exact) mass is 392 g/mol. The average Bonchev–Trinajstić information content (AvgIpc) is 2.96. The molecule has 0 aliphatic carbocycles. The summed E-state index contributed by atoms with van der Waals surface area (Å²) in [7, 11) is -0.340. The number of aromatic nitrogens is 2. The first-order valence-electron chi connectivity index (χ1n) is 8.26. The summed E-state index contributed by atoms with van der Waals surface area (Å²) in [5, 5.41) is 7.00. The third kappa shape index (κ3) is 7.86. The van der Waals surface area contributed by atoms with Crippen LogP contribution in [0.4, 0.5) is 0 Å². The summed E-state index contributed by atoms with van der Waals surface area (Å²) in [6.45, 7) is 6.17. The summed E-state index contributed by atoms with van der Waals surface area (Å²) in [4.78, 5) is 34.8. The third-order valence-electron chi connectivity index (χ3n) is 4.10. The number of hydrogen-bond acceptors (Lipinski definition) is 6. The first-order chi connectivity index (χ1) is 12.0. The Morgan fingerprint density at radius 2 is 1.85 bits per heavy atom. The van der Waals surface area contributed by atoms with Crippen molar-refractivity contribution in [2.24, 2.45) is 0 Å². The predicted octanol–water partition coefficient (Wildman–Crippen LogP) is 1.73. The van der Waals surface area contributed by atoms with E-state index >= 15 is 0 Å². The van der Waals surface area contributed by atoms with E-state index in [0.717, 1.165) is 19.8 Å². The quantitative estimate of drug-likeness (QED) is 0.674. The lowest BCUT2D eigenvalue weighted by molar-refractivity contribution is -0.110. The van der Waals surface area contributed by atoms with Crippen molar-refractivity contribution in [2.45, 2.75) is 57.1 Å². The van der Waals surface area contributed by atoms with Crippen LogP contribution in [0, 0.1) is 0 Å². The molecule has 2 rings (SSSR count). The average molecular weight is 393 g/mol. The summed E-state index contributed by atoms with van der Waals surface area (Å²) >= 11 is 0. The summed E-state index contributed by atoms with van der Waals surface area (Å²) in [5.74, 6) is 0. The van der Waals surface area contributed by atoms with E-state index in [-0.39, 0.29) is 17.1 Å². The molecule has 2 atom stereocenters. The second-order valence-corrected chi connectivity index (χ2v) is 10.9. The van der Waals surface area contributed by atoms with Gasteiger partial charge in [-0.05, 0) is 25.4 Å². The summed E-state index contributed by atoms with van der Waals surface area (Å²) < 4.78 is 16.4. The second-order valence-electron chi connectivity index (χ2n) is 7.10. The summed E-state index contributed by atoms with van der Waals surface area (Å²) in [6.07, 6.45) is 7.29. The topological polar surface area (TPSA) is 122 Å². The zero-order chi connectivity index (χ0) is 20.5. The highest BCUT2D eigenvalue weighted by molar-refractivity contribution is 8.29. The molecule has 0 radical (unpaired) electrons. The molecule has 0 spiro atoms. The molecule has 0 amide bonds. The van der Waals surface area contributed by atoms with Crippen LogP contribution in [0.25, 0.3) is 0 Å². The van der Waals surface area contributed by atoms with Gasteiger partial charge in [-0.2, -0.15) is 0 Å². The predicted molar refractivity (Wildman–Crippen MR) is 105 cm³/mol. The van der Waals surface area contributed by atoms with Crippen molar-refractivity contribution >= 4 is 16.6 Å². The van der Waals surface area contributed by atoms with Gasteiger partial charge in [0, 0.05) is 30.5 Å². The molecule has 1 aliphatic heterocycles. The maximum absolute atomic E-state index is 11.4. The number of carbonyl (C=O) groups excluding carboxylic acids is 1. The Labute approximate surface area is 155 Å². The number of aromatic amines is 1. The fourth-order valence-corrected chi connectivity index (χ4v) is 1.83. The normalized spacial score (nSPS) is 20.3. The number of H-pyrrole nitrogens is 1. The van der Waals surface area contributed by atoms with Crippen LogP contribution in [0.15, 0.2) is 21.9 Å². The highest BCUT2D eigenvalue weighted by Crippen LogP contribution is 2.48. The van der Waals surface area contributed by atoms with Crippen LogP contribution in [0.1, 0.15) is 46.3 Å². The Hall–Kier alpha value is -1.42. The van der Waals surface area contributed by atoms with E-state index in [1.54, 1.807) is 0 Å². The largest absolute Gasteiger partial charge is 0.400 e. The Balaban J connectivity index is 0.000000533. The molecule has 1 saturated heterocycles. The van der Waals surface area contributed by atoms with Gasteiger partial charge >= 0.3 is 5.69 Å². The van der Waals surface area contributed by atoms with E-state index in [4.69, 9.17) is 9.84 Å². The number of hydrogen-bond donors (Lipinski definition) is 3. The van der Waals surface area contributed by atoms with Gasteiger partial charge in [0.05, 0.1) is 6.10 Å². The molecule has 2 heterocycles. The standard InChI is InChI=1S/C10H12N2O4.C6H16OS.CH4O/c13-6-4-7-1-2-9(16-7)12-5-3-8(14)11-10(12)15;1-6(2,3)8(4,5)7;1-2/h3,5-7,9H,1-2,4H2,(H,11,14,15);7H,1-5H3;2H,1H3/t7-,9?;;/m0../s1. The second kappa shape index (κ2) is 10.7. The Morgan fingerprint density at radius 3 is 2.27 bits per heavy atom. The van der Waals surface area contributed by atoms with Crippen LogP contribution in [0.5, 0.6) is 0 Å². The van der Waals surface area contributed by atoms with Gasteiger partial charge in [-0.25, -0.2) is 4.79 Å². The minimum atomic E-state index is -1.34. The number of nitrogens with one attached hydrogen (secondary N) is 1. The highest BCUT2D eigenvalue weighted by Gasteiger charge is 2.26. The first-order valence-corrected chi connectivity index (χ1v) is 10.7. The molecule has 1 unspecified atom stereocenters. The van der Waals surface area contributed by atoms with E-state index < -0.39 is 21.6 Å². The van der Waals surface area contributed by atoms with Crippen LogP contribution in [0.3, 0.4) is 0 Å². The number of carbonyl (C=O) groups is 1. The molecule has 0 aromatic carbocycles. The van der Waals surface area contributed by atoms with Crippen molar-refractivity contribution in [3.8, 4) is 0 Å². The fraction of sp³-hybridized carbons (Fsp3) is 0.706. The van der Waals surface area contributed by atoms with E-state index in [9.17, 15) is 18.9 Å². The molecule has 1 aliphatic rings. The molecule has 1 aromatic heterocycles. The van der Waals surface area contributed by atoms with Crippen molar-refractivity contribution in [1.29, 1.82) is 0 Å². The number of aliphatic hydroxyl groups is 1. The first kappa shape index (κ1) is 24.6. The number of aldehydes is 1. The number of aliphatic hydroxyl groups excluding tert-OH is 1. The minimum absolute atomic E-state index is 0.0764. The lowest BCUT2D eigenvalue weighted by Crippen LogP contribution is -2.31. The molecule has 0 bridgehead atoms. The molecule has 152 valence electrons. The molecule has 8 nitrogen and oxygen atoms in total. The van der Waals surface area contributed by atoms with Gasteiger partial charge in [-0.1, -0.05) is 20.8 Å². The molecule has 3 N–H and O–H groups in total. The van der Waals surface area contributed by atoms with Crippen molar-refractivity contribution in [2.75, 3.05) is 19.6 Å². The van der Waals surface area contributed by atoms with Crippen molar-refractivity contribution in [3.63, 3.8) is 0 Å². The molecule has 1 fully saturated rings. The zero-order valence-corrected chi connectivity index (χ0v) is 17.2. The van der Waals surface area contributed by atoms with Crippen LogP contribution in [-0.2, 0) is 9.53 Å². The van der Waals surface area contributed by atoms with Crippen molar-refractivity contribution in [1.82, 2.24) is 9.55 Å². The van der Waals surface area contributed by atoms with Gasteiger partial charge in [-0.3, -0.25) is 14.3 Å². The smallest absolute Gasteiger partial charge is 0.330 e. The van der Waals surface area contributed by atoms with Crippen LogP contribution < -0.4 is 11.2 Å². The maximum Gasteiger partial charge on any atom is 0.330 e. The van der Waals surface area contributed by atoms with Gasteiger partial charge in [0.2, 0.25) is 0 Å². The van der Waals surface area contributed by atoms with E-state index in [1.165, 1.54) is 16.8 Å². The number of nitrogens with zero attached hydrogens (tertiary/aromatic N) is 1. The summed E-state index contributed by atoms with van der Waals surface area (Å²) in [6, 6.07) is 1.28. The van der Waals surface area contributed by atoms with Gasteiger partial charge in [0.25, 0.3) is 5.56 Å². The van der Waals surface area contributed by atoms with E-state index in [0.29, 0.717) is 12.8 Å². The Kier molecular flexibility index (Phi) is 10.1. The van der Waals surface area contributed by atoms with Crippen LogP contribution in [0.2, 0.25) is 0 Å². The number of ether oxygens (including phenoxy) is 1. The van der Waals surface area contributed by atoms with Crippen LogP contribution in [-0.4, -0.2) is 56.0 Å². The molecule has 1 aromatic rings. The SMILES string of the molecule is CC(C)(C)S(C)(C)O.CO.O=CC[C@@H]1CCC(n2ccc(=O)[nH]c2=O)O1. The molecule has 0 saturated carbocycles. The van der Waals surface area contributed by atoms with E-state index in [2.05, 4.69) is 25.8 Å². The fourth-order valence-electron chi connectivity index (χ4n) is 1.83. The Morgan fingerprint density at radius 1 is 1.31 bits per heavy atom. The van der Waals surface area contributed by atoms with Gasteiger partial charge in [-0.15, -0.1) is 10.3 Å². The lowest BCUT2D eigenvalue weighted by Gasteiger charge is -2.38. The highest BCUT2D eigenvalue weighted by atomic mass is 32.3. The van der Waals surface area contributed by atoms with Gasteiger partial charge < -0.3 is 19.2 Å². The molecular weight excluding hydrogens is 360 g/mol. The van der Waals surface area contributed by atoms with E-state index in [1.807, 2.05) is 12.5 Å². The van der Waals surface area contributed by atoms with Gasteiger partial charge in [0.15, 0.2) is 0 Å². The van der Waals surface area contributed by atoms with Crippen LogP contribution >= 0.6 is 10.3 Å². The molecule has 26 heavy (non-hydrogen) atoms. The number of rotatable bonds is 3. The maximum atomic E-state index is 11.4. The lowest BCUT2D eigenvalue weighted by atomic mass is 10.2.